The van der Waals surface area contributed by atoms with Gasteiger partial charge in [0.05, 0.1) is 6.04 Å². The number of benzene rings is 1. The molecule has 0 spiro atoms. The van der Waals surface area contributed by atoms with E-state index in [4.69, 9.17) is 11.6 Å². The highest BCUT2D eigenvalue weighted by atomic mass is 35.5. The van der Waals surface area contributed by atoms with Crippen LogP contribution in [0.3, 0.4) is 0 Å². The summed E-state index contributed by atoms with van der Waals surface area (Å²) in [6.07, 6.45) is 3.75. The molecule has 1 fully saturated rings. The molecule has 1 heterocycles. The lowest BCUT2D eigenvalue weighted by atomic mass is 10.1. The van der Waals surface area contributed by atoms with E-state index in [1.807, 2.05) is 48.2 Å². The molecule has 1 aromatic carbocycles. The average molecular weight is 301 g/mol. The Bertz CT molecular complexity index is 640. The molecule has 4 heteroatoms. The fourth-order valence-corrected chi connectivity index (χ4v) is 2.89. The Morgan fingerprint density at radius 1 is 1.24 bits per heavy atom. The monoisotopic (exact) mass is 300 g/mol. The number of hydrogen-bond acceptors (Lipinski definition) is 2. The molecule has 2 aromatic rings. The first-order valence-corrected chi connectivity index (χ1v) is 7.54. The predicted octanol–water partition coefficient (Wildman–Crippen LogP) is 4.10. The van der Waals surface area contributed by atoms with Crippen LogP contribution < -0.4 is 0 Å². The van der Waals surface area contributed by atoms with Gasteiger partial charge in [0.15, 0.2) is 0 Å². The van der Waals surface area contributed by atoms with Gasteiger partial charge >= 0.3 is 0 Å². The van der Waals surface area contributed by atoms with Crippen molar-refractivity contribution in [1.29, 1.82) is 0 Å². The van der Waals surface area contributed by atoms with Gasteiger partial charge in [-0.1, -0.05) is 35.9 Å². The summed E-state index contributed by atoms with van der Waals surface area (Å²) in [5.41, 5.74) is 1.47. The standard InChI is InChI=1S/C17H17ClN2O/c1-12(14-6-2-3-7-15(14)18)20(13-9-10-13)17(21)16-8-4-5-11-19-16/h2-8,11-13H,9-10H2,1H3. The highest BCUT2D eigenvalue weighted by molar-refractivity contribution is 6.31. The summed E-state index contributed by atoms with van der Waals surface area (Å²) < 4.78 is 0. The molecule has 3 rings (SSSR count). The number of carbonyl (C=O) groups is 1. The second-order valence-corrected chi connectivity index (χ2v) is 5.76. The summed E-state index contributed by atoms with van der Waals surface area (Å²) in [6, 6.07) is 13.4. The molecule has 1 aliphatic carbocycles. The molecule has 21 heavy (non-hydrogen) atoms. The number of halogens is 1. The van der Waals surface area contributed by atoms with Crippen molar-refractivity contribution in [3.8, 4) is 0 Å². The van der Waals surface area contributed by atoms with E-state index in [2.05, 4.69) is 4.98 Å². The SMILES string of the molecule is CC(c1ccccc1Cl)N(C(=O)c1ccccn1)C1CC1. The van der Waals surface area contributed by atoms with E-state index in [0.29, 0.717) is 16.8 Å². The molecular formula is C17H17ClN2O. The molecule has 1 saturated carbocycles. The number of rotatable bonds is 4. The van der Waals surface area contributed by atoms with Gasteiger partial charge in [-0.2, -0.15) is 0 Å². The maximum atomic E-state index is 12.8. The van der Waals surface area contributed by atoms with Crippen LogP contribution >= 0.6 is 11.6 Å². The molecule has 0 saturated heterocycles. The van der Waals surface area contributed by atoms with Crippen molar-refractivity contribution in [2.75, 3.05) is 0 Å². The van der Waals surface area contributed by atoms with Gasteiger partial charge in [0.1, 0.15) is 5.69 Å². The van der Waals surface area contributed by atoms with E-state index >= 15 is 0 Å². The second kappa shape index (κ2) is 5.86. The number of pyridine rings is 1. The Morgan fingerprint density at radius 2 is 1.95 bits per heavy atom. The minimum absolute atomic E-state index is 0.0227. The largest absolute Gasteiger partial charge is 0.328 e. The quantitative estimate of drug-likeness (QED) is 0.851. The van der Waals surface area contributed by atoms with Gasteiger partial charge in [-0.25, -0.2) is 0 Å². The normalized spacial score (nSPS) is 15.5. The molecule has 1 atom stereocenters. The van der Waals surface area contributed by atoms with Crippen LogP contribution in [0.2, 0.25) is 5.02 Å². The van der Waals surface area contributed by atoms with Crippen LogP contribution in [0.15, 0.2) is 48.7 Å². The molecular weight excluding hydrogens is 284 g/mol. The number of hydrogen-bond donors (Lipinski definition) is 0. The number of amides is 1. The van der Waals surface area contributed by atoms with Crippen LogP contribution in [0.5, 0.6) is 0 Å². The van der Waals surface area contributed by atoms with Gasteiger partial charge in [-0.05, 0) is 43.5 Å². The first kappa shape index (κ1) is 14.1. The van der Waals surface area contributed by atoms with Crippen molar-refractivity contribution < 1.29 is 4.79 Å². The lowest BCUT2D eigenvalue weighted by molar-refractivity contribution is 0.0668. The third kappa shape index (κ3) is 2.93. The number of aromatic nitrogens is 1. The summed E-state index contributed by atoms with van der Waals surface area (Å²) >= 11 is 6.29. The van der Waals surface area contributed by atoms with Gasteiger partial charge < -0.3 is 4.90 Å². The third-order valence-electron chi connectivity index (χ3n) is 3.83. The highest BCUT2D eigenvalue weighted by Gasteiger charge is 2.37. The number of carbonyl (C=O) groups excluding carboxylic acids is 1. The summed E-state index contributed by atoms with van der Waals surface area (Å²) in [4.78, 5) is 18.9. The fourth-order valence-electron chi connectivity index (χ4n) is 2.60. The Hall–Kier alpha value is -1.87. The highest BCUT2D eigenvalue weighted by Crippen LogP contribution is 2.37. The number of nitrogens with zero attached hydrogens (tertiary/aromatic N) is 2. The van der Waals surface area contributed by atoms with Crippen LogP contribution in [0.1, 0.15) is 41.9 Å². The van der Waals surface area contributed by atoms with Gasteiger partial charge in [-0.3, -0.25) is 9.78 Å². The topological polar surface area (TPSA) is 33.2 Å². The summed E-state index contributed by atoms with van der Waals surface area (Å²) in [5.74, 6) is -0.0227. The van der Waals surface area contributed by atoms with Crippen LogP contribution in [0, 0.1) is 0 Å². The van der Waals surface area contributed by atoms with Crippen LogP contribution in [0.4, 0.5) is 0 Å². The summed E-state index contributed by atoms with van der Waals surface area (Å²) in [6.45, 7) is 2.03. The predicted molar refractivity (Wildman–Crippen MR) is 83.3 cm³/mol. The Morgan fingerprint density at radius 3 is 2.57 bits per heavy atom. The Kier molecular flexibility index (Phi) is 3.93. The van der Waals surface area contributed by atoms with Crippen molar-refractivity contribution in [3.63, 3.8) is 0 Å². The molecule has 1 aromatic heterocycles. The smallest absolute Gasteiger partial charge is 0.273 e. The summed E-state index contributed by atoms with van der Waals surface area (Å²) in [5, 5.41) is 0.699. The fraction of sp³-hybridized carbons (Fsp3) is 0.294. The van der Waals surface area contributed by atoms with Crippen molar-refractivity contribution in [3.05, 3.63) is 64.9 Å². The second-order valence-electron chi connectivity index (χ2n) is 5.36. The van der Waals surface area contributed by atoms with E-state index in [9.17, 15) is 4.79 Å². The lowest BCUT2D eigenvalue weighted by Crippen LogP contribution is -2.36. The van der Waals surface area contributed by atoms with Crippen molar-refractivity contribution >= 4 is 17.5 Å². The average Bonchev–Trinajstić information content (AvgIpc) is 3.33. The van der Waals surface area contributed by atoms with Crippen molar-refractivity contribution in [2.24, 2.45) is 0 Å². The van der Waals surface area contributed by atoms with Crippen molar-refractivity contribution in [1.82, 2.24) is 9.88 Å². The molecule has 1 amide bonds. The lowest BCUT2D eigenvalue weighted by Gasteiger charge is -2.30. The van der Waals surface area contributed by atoms with Gasteiger partial charge in [-0.15, -0.1) is 0 Å². The zero-order valence-electron chi connectivity index (χ0n) is 11.9. The van der Waals surface area contributed by atoms with Crippen LogP contribution in [-0.4, -0.2) is 21.8 Å². The maximum absolute atomic E-state index is 12.8. The maximum Gasteiger partial charge on any atom is 0.273 e. The summed E-state index contributed by atoms with van der Waals surface area (Å²) in [7, 11) is 0. The minimum atomic E-state index is -0.0549. The van der Waals surface area contributed by atoms with E-state index in [0.717, 1.165) is 18.4 Å². The first-order valence-electron chi connectivity index (χ1n) is 7.16. The molecule has 0 bridgehead atoms. The van der Waals surface area contributed by atoms with E-state index in [-0.39, 0.29) is 11.9 Å². The Balaban J connectivity index is 1.92. The zero-order valence-corrected chi connectivity index (χ0v) is 12.6. The van der Waals surface area contributed by atoms with Gasteiger partial charge in [0.25, 0.3) is 5.91 Å². The van der Waals surface area contributed by atoms with E-state index < -0.39 is 0 Å². The minimum Gasteiger partial charge on any atom is -0.328 e. The molecule has 1 aliphatic rings. The van der Waals surface area contributed by atoms with Crippen LogP contribution in [-0.2, 0) is 0 Å². The molecule has 1 unspecified atom stereocenters. The molecule has 3 nitrogen and oxygen atoms in total. The molecule has 108 valence electrons. The zero-order chi connectivity index (χ0) is 14.8. The first-order chi connectivity index (χ1) is 10.2. The molecule has 0 N–H and O–H groups in total. The Labute approximate surface area is 129 Å². The van der Waals surface area contributed by atoms with Crippen molar-refractivity contribution in [2.45, 2.75) is 31.8 Å². The van der Waals surface area contributed by atoms with E-state index in [1.54, 1.807) is 12.3 Å². The van der Waals surface area contributed by atoms with Gasteiger partial charge in [0, 0.05) is 17.3 Å². The third-order valence-corrected chi connectivity index (χ3v) is 4.18. The molecule has 0 aliphatic heterocycles. The van der Waals surface area contributed by atoms with E-state index in [1.165, 1.54) is 0 Å². The molecule has 0 radical (unpaired) electrons. The van der Waals surface area contributed by atoms with Crippen LogP contribution in [0.25, 0.3) is 0 Å². The van der Waals surface area contributed by atoms with Gasteiger partial charge in [0.2, 0.25) is 0 Å².